The summed E-state index contributed by atoms with van der Waals surface area (Å²) in [6.45, 7) is 0.188. The van der Waals surface area contributed by atoms with Crippen LogP contribution in [0.5, 0.6) is 0 Å². The summed E-state index contributed by atoms with van der Waals surface area (Å²) in [6, 6.07) is 3.89. The Kier molecular flexibility index (Phi) is 9.38. The number of benzene rings is 1. The maximum atomic E-state index is 12.8. The zero-order chi connectivity index (χ0) is 25.3. The molecule has 0 unspecified atom stereocenters. The Morgan fingerprint density at radius 2 is 1.71 bits per heavy atom. The van der Waals surface area contributed by atoms with Crippen molar-refractivity contribution in [2.45, 2.75) is 43.8 Å². The summed E-state index contributed by atoms with van der Waals surface area (Å²) in [5, 5.41) is 15.0. The van der Waals surface area contributed by atoms with Crippen LogP contribution in [0.1, 0.15) is 24.8 Å². The van der Waals surface area contributed by atoms with Gasteiger partial charge in [-0.25, -0.2) is 4.79 Å². The first kappa shape index (κ1) is 26.1. The smallest absolute Gasteiger partial charge is 0.326 e. The van der Waals surface area contributed by atoms with Gasteiger partial charge in [-0.05, 0) is 30.9 Å². The number of aliphatic carboxylic acids is 1. The molecule has 184 valence electrons. The molecule has 0 saturated heterocycles. The summed E-state index contributed by atoms with van der Waals surface area (Å²) >= 11 is 0. The Bertz CT molecular complexity index is 1060. The number of primary amides is 1. The first-order valence-corrected chi connectivity index (χ1v) is 10.6. The Morgan fingerprint density at radius 3 is 2.35 bits per heavy atom. The van der Waals surface area contributed by atoms with E-state index in [4.69, 9.17) is 22.9 Å². The van der Waals surface area contributed by atoms with Gasteiger partial charge in [0, 0.05) is 23.6 Å². The van der Waals surface area contributed by atoms with Crippen molar-refractivity contribution >= 4 is 40.6 Å². The van der Waals surface area contributed by atoms with Crippen LogP contribution in [0.25, 0.3) is 10.9 Å². The van der Waals surface area contributed by atoms with E-state index in [0.717, 1.165) is 16.5 Å². The number of amides is 3. The molecule has 0 fully saturated rings. The van der Waals surface area contributed by atoms with Gasteiger partial charge < -0.3 is 43.7 Å². The molecule has 2 rings (SSSR count). The van der Waals surface area contributed by atoms with Gasteiger partial charge in [0.25, 0.3) is 0 Å². The highest BCUT2D eigenvalue weighted by Crippen LogP contribution is 2.18. The van der Waals surface area contributed by atoms with Crippen LogP contribution in [0.2, 0.25) is 0 Å². The van der Waals surface area contributed by atoms with Crippen molar-refractivity contribution in [3.8, 4) is 0 Å². The lowest BCUT2D eigenvalue weighted by Crippen LogP contribution is -2.55. The molecule has 1 aromatic heterocycles. The number of nitrogens with one attached hydrogen (secondary N) is 3. The zero-order valence-electron chi connectivity index (χ0n) is 18.5. The molecule has 0 aliphatic carbocycles. The average Bonchev–Trinajstić information content (AvgIpc) is 3.17. The summed E-state index contributed by atoms with van der Waals surface area (Å²) in [5.41, 5.74) is 23.5. The molecule has 3 atom stereocenters. The highest BCUT2D eigenvalue weighted by Gasteiger charge is 2.29. The van der Waals surface area contributed by atoms with E-state index in [1.54, 1.807) is 6.20 Å². The van der Waals surface area contributed by atoms with Crippen LogP contribution in [0.15, 0.2) is 35.5 Å². The molecule has 0 bridgehead atoms. The van der Waals surface area contributed by atoms with Crippen LogP contribution in [0.3, 0.4) is 0 Å². The molecule has 0 aliphatic heterocycles. The predicted molar refractivity (Wildman–Crippen MR) is 125 cm³/mol. The normalized spacial score (nSPS) is 13.4. The van der Waals surface area contributed by atoms with E-state index in [9.17, 15) is 24.3 Å². The number of H-pyrrole nitrogens is 1. The number of guanidine groups is 1. The van der Waals surface area contributed by atoms with Crippen molar-refractivity contribution in [2.24, 2.45) is 27.9 Å². The van der Waals surface area contributed by atoms with Gasteiger partial charge in [-0.3, -0.25) is 19.4 Å². The summed E-state index contributed by atoms with van der Waals surface area (Å²) in [4.78, 5) is 54.9. The van der Waals surface area contributed by atoms with Gasteiger partial charge in [0.1, 0.15) is 12.1 Å². The molecular weight excluding hydrogens is 444 g/mol. The number of carbonyl (C=O) groups excluding carboxylic acids is 3. The monoisotopic (exact) mass is 474 g/mol. The molecule has 12 N–H and O–H groups in total. The number of aliphatic imine (C=N–C) groups is 1. The standard InChI is InChI=1S/C21H30N8O5/c22-13(8-11-10-27-14-5-2-1-4-12(11)14)18(31)28-15(6-3-7-26-21(24)25)19(32)29-16(20(33)34)9-17(23)30/h1-2,4-5,10,13,15-16,27H,3,6-9,22H2,(H2,23,30)(H,28,31)(H,29,32)(H,33,34)(H4,24,25,26)/t13-,15-,16-/m0/s1. The second kappa shape index (κ2) is 12.2. The van der Waals surface area contributed by atoms with Crippen LogP contribution in [0, 0.1) is 0 Å². The van der Waals surface area contributed by atoms with Crippen molar-refractivity contribution in [1.82, 2.24) is 15.6 Å². The molecule has 13 heteroatoms. The molecule has 3 amide bonds. The Balaban J connectivity index is 2.09. The fourth-order valence-corrected chi connectivity index (χ4v) is 3.35. The number of nitrogens with zero attached hydrogens (tertiary/aromatic N) is 1. The lowest BCUT2D eigenvalue weighted by molar-refractivity contribution is -0.143. The van der Waals surface area contributed by atoms with Crippen LogP contribution in [-0.4, -0.2) is 64.4 Å². The third-order valence-corrected chi connectivity index (χ3v) is 5.05. The van der Waals surface area contributed by atoms with Crippen molar-refractivity contribution in [2.75, 3.05) is 6.54 Å². The topological polar surface area (TPSA) is 245 Å². The van der Waals surface area contributed by atoms with Crippen LogP contribution in [-0.2, 0) is 25.6 Å². The maximum Gasteiger partial charge on any atom is 0.326 e. The highest BCUT2D eigenvalue weighted by atomic mass is 16.4. The number of nitrogens with two attached hydrogens (primary N) is 4. The van der Waals surface area contributed by atoms with E-state index in [2.05, 4.69) is 20.6 Å². The van der Waals surface area contributed by atoms with Gasteiger partial charge in [-0.2, -0.15) is 0 Å². The van der Waals surface area contributed by atoms with Gasteiger partial charge in [0.2, 0.25) is 17.7 Å². The highest BCUT2D eigenvalue weighted by molar-refractivity contribution is 5.93. The lowest BCUT2D eigenvalue weighted by atomic mass is 10.0. The van der Waals surface area contributed by atoms with E-state index in [1.807, 2.05) is 24.3 Å². The number of aromatic nitrogens is 1. The fraction of sp³-hybridized carbons (Fsp3) is 0.381. The number of rotatable bonds is 13. The number of hydrogen-bond acceptors (Lipinski definition) is 6. The van der Waals surface area contributed by atoms with E-state index >= 15 is 0 Å². The van der Waals surface area contributed by atoms with Crippen LogP contribution in [0.4, 0.5) is 0 Å². The molecule has 0 radical (unpaired) electrons. The minimum absolute atomic E-state index is 0.0943. The Morgan fingerprint density at radius 1 is 1.03 bits per heavy atom. The Labute approximate surface area is 195 Å². The van der Waals surface area contributed by atoms with Gasteiger partial charge in [0.05, 0.1) is 12.5 Å². The summed E-state index contributed by atoms with van der Waals surface area (Å²) < 4.78 is 0. The molecule has 0 aliphatic rings. The number of aromatic amines is 1. The molecule has 13 nitrogen and oxygen atoms in total. The second-order valence-electron chi connectivity index (χ2n) is 7.75. The number of hydrogen-bond donors (Lipinski definition) is 8. The van der Waals surface area contributed by atoms with E-state index in [-0.39, 0.29) is 25.3 Å². The molecule has 2 aromatic rings. The molecule has 34 heavy (non-hydrogen) atoms. The third kappa shape index (κ3) is 7.78. The summed E-state index contributed by atoms with van der Waals surface area (Å²) in [7, 11) is 0. The number of carboxylic acid groups (broad SMARTS) is 1. The quantitative estimate of drug-likeness (QED) is 0.0915. The predicted octanol–water partition coefficient (Wildman–Crippen LogP) is -1.98. The first-order valence-electron chi connectivity index (χ1n) is 10.6. The molecule has 0 spiro atoms. The van der Waals surface area contributed by atoms with Crippen LogP contribution >= 0.6 is 0 Å². The lowest BCUT2D eigenvalue weighted by Gasteiger charge is -2.22. The van der Waals surface area contributed by atoms with E-state index in [0.29, 0.717) is 6.42 Å². The molecule has 1 aromatic carbocycles. The number of para-hydroxylation sites is 1. The average molecular weight is 475 g/mol. The minimum atomic E-state index is -1.54. The number of carboxylic acids is 1. The van der Waals surface area contributed by atoms with Gasteiger partial charge in [-0.15, -0.1) is 0 Å². The van der Waals surface area contributed by atoms with E-state index in [1.165, 1.54) is 0 Å². The number of carbonyl (C=O) groups is 4. The molecule has 1 heterocycles. The van der Waals surface area contributed by atoms with Crippen molar-refractivity contribution in [1.29, 1.82) is 0 Å². The third-order valence-electron chi connectivity index (χ3n) is 5.05. The van der Waals surface area contributed by atoms with Gasteiger partial charge >= 0.3 is 5.97 Å². The van der Waals surface area contributed by atoms with Crippen LogP contribution < -0.4 is 33.6 Å². The second-order valence-corrected chi connectivity index (χ2v) is 7.75. The molecular formula is C21H30N8O5. The van der Waals surface area contributed by atoms with E-state index < -0.39 is 48.2 Å². The van der Waals surface area contributed by atoms with Crippen molar-refractivity contribution in [3.05, 3.63) is 36.0 Å². The van der Waals surface area contributed by atoms with Gasteiger partial charge in [-0.1, -0.05) is 18.2 Å². The number of fused-ring (bicyclic) bond motifs is 1. The molecule has 0 saturated carbocycles. The minimum Gasteiger partial charge on any atom is -0.480 e. The zero-order valence-corrected chi connectivity index (χ0v) is 18.5. The first-order chi connectivity index (χ1) is 16.1. The fourth-order valence-electron chi connectivity index (χ4n) is 3.35. The summed E-state index contributed by atoms with van der Waals surface area (Å²) in [6.07, 6.45) is 1.77. The summed E-state index contributed by atoms with van der Waals surface area (Å²) in [5.74, 6) is -3.87. The largest absolute Gasteiger partial charge is 0.480 e. The van der Waals surface area contributed by atoms with Crippen molar-refractivity contribution < 1.29 is 24.3 Å². The van der Waals surface area contributed by atoms with Gasteiger partial charge in [0.15, 0.2) is 5.96 Å². The Hall–Kier alpha value is -4.13. The van der Waals surface area contributed by atoms with Crippen molar-refractivity contribution in [3.63, 3.8) is 0 Å². The SMILES string of the molecule is NC(=O)C[C@H](NC(=O)[C@H](CCCN=C(N)N)NC(=O)[C@@H](N)Cc1c[nH]c2ccccc12)C(=O)O. The maximum absolute atomic E-state index is 12.8.